The van der Waals surface area contributed by atoms with E-state index in [0.29, 0.717) is 23.4 Å². The fourth-order valence-electron chi connectivity index (χ4n) is 2.80. The summed E-state index contributed by atoms with van der Waals surface area (Å²) in [5.74, 6) is 1.22. The highest BCUT2D eigenvalue weighted by atomic mass is 35.5. The summed E-state index contributed by atoms with van der Waals surface area (Å²) >= 11 is 5.91. The van der Waals surface area contributed by atoms with Gasteiger partial charge in [-0.3, -0.25) is 0 Å². The summed E-state index contributed by atoms with van der Waals surface area (Å²) in [5.41, 5.74) is 2.32. The molecule has 0 spiro atoms. The number of piperazine rings is 1. The van der Waals surface area contributed by atoms with Crippen LogP contribution >= 0.6 is 11.6 Å². The number of halogens is 2. The number of nitrogens with zero attached hydrogens (tertiary/aromatic N) is 4. The Labute approximate surface area is 129 Å². The lowest BCUT2D eigenvalue weighted by atomic mass is 10.2. The summed E-state index contributed by atoms with van der Waals surface area (Å²) in [6, 6.07) is 3.41. The lowest BCUT2D eigenvalue weighted by Crippen LogP contribution is -2.50. The standard InChI is InChI=1S/C15H20ClFN4/c1-11-9-14-13(10-12(11)17)18-15(3-4-16)21(14)20-7-5-19(2)6-8-20/h9-10H,3-8H2,1-2H3. The van der Waals surface area contributed by atoms with Crippen LogP contribution in [0.4, 0.5) is 4.39 Å². The lowest BCUT2D eigenvalue weighted by Gasteiger charge is -2.35. The topological polar surface area (TPSA) is 24.3 Å². The van der Waals surface area contributed by atoms with Gasteiger partial charge in [-0.25, -0.2) is 14.1 Å². The third-order valence-corrected chi connectivity index (χ3v) is 4.25. The molecule has 3 rings (SSSR count). The molecule has 1 aromatic heterocycles. The molecule has 1 aliphatic rings. The summed E-state index contributed by atoms with van der Waals surface area (Å²) < 4.78 is 15.9. The first-order valence-corrected chi connectivity index (χ1v) is 7.81. The molecular formula is C15H20ClFN4. The molecular weight excluding hydrogens is 291 g/mol. The fraction of sp³-hybridized carbons (Fsp3) is 0.533. The maximum absolute atomic E-state index is 13.8. The number of hydrogen-bond acceptors (Lipinski definition) is 3. The van der Waals surface area contributed by atoms with Crippen LogP contribution in [0.25, 0.3) is 11.0 Å². The van der Waals surface area contributed by atoms with E-state index in [1.807, 2.05) is 6.07 Å². The quantitative estimate of drug-likeness (QED) is 0.812. The highest BCUT2D eigenvalue weighted by molar-refractivity contribution is 6.17. The van der Waals surface area contributed by atoms with E-state index in [1.54, 1.807) is 6.92 Å². The normalized spacial score (nSPS) is 16.9. The van der Waals surface area contributed by atoms with Gasteiger partial charge in [0.25, 0.3) is 0 Å². The Kier molecular flexibility index (Phi) is 4.04. The monoisotopic (exact) mass is 310 g/mol. The largest absolute Gasteiger partial charge is 0.308 e. The molecule has 114 valence electrons. The van der Waals surface area contributed by atoms with Crippen LogP contribution in [0.3, 0.4) is 0 Å². The van der Waals surface area contributed by atoms with Crippen molar-refractivity contribution in [1.82, 2.24) is 14.6 Å². The molecule has 1 saturated heterocycles. The Bertz CT molecular complexity index is 647. The minimum absolute atomic E-state index is 0.206. The van der Waals surface area contributed by atoms with Crippen molar-refractivity contribution in [3.05, 3.63) is 29.3 Å². The number of imidazole rings is 1. The highest BCUT2D eigenvalue weighted by Gasteiger charge is 2.20. The molecule has 0 aliphatic carbocycles. The van der Waals surface area contributed by atoms with Crippen LogP contribution in [0.15, 0.2) is 12.1 Å². The second kappa shape index (κ2) is 5.81. The van der Waals surface area contributed by atoms with Gasteiger partial charge in [0.1, 0.15) is 11.6 Å². The molecule has 1 fully saturated rings. The van der Waals surface area contributed by atoms with Gasteiger partial charge < -0.3 is 9.91 Å². The third kappa shape index (κ3) is 2.72. The van der Waals surface area contributed by atoms with Crippen molar-refractivity contribution < 1.29 is 4.39 Å². The van der Waals surface area contributed by atoms with Gasteiger partial charge in [-0.15, -0.1) is 11.6 Å². The van der Waals surface area contributed by atoms with Crippen LogP contribution in [0.5, 0.6) is 0 Å². The minimum atomic E-state index is -0.206. The number of hydrogen-bond donors (Lipinski definition) is 0. The van der Waals surface area contributed by atoms with Gasteiger partial charge >= 0.3 is 0 Å². The molecule has 1 aliphatic heterocycles. The summed E-state index contributed by atoms with van der Waals surface area (Å²) in [5, 5.41) is 2.29. The Morgan fingerprint density at radius 2 is 1.95 bits per heavy atom. The number of aromatic nitrogens is 2. The first-order valence-electron chi connectivity index (χ1n) is 7.27. The zero-order chi connectivity index (χ0) is 15.0. The molecule has 0 atom stereocenters. The molecule has 0 radical (unpaired) electrons. The zero-order valence-electron chi connectivity index (χ0n) is 12.4. The van der Waals surface area contributed by atoms with Crippen molar-refractivity contribution in [3.8, 4) is 0 Å². The van der Waals surface area contributed by atoms with Crippen molar-refractivity contribution in [1.29, 1.82) is 0 Å². The summed E-state index contributed by atoms with van der Waals surface area (Å²) in [6.07, 6.45) is 0.684. The molecule has 4 nitrogen and oxygen atoms in total. The van der Waals surface area contributed by atoms with Crippen molar-refractivity contribution in [2.45, 2.75) is 13.3 Å². The summed E-state index contributed by atoms with van der Waals surface area (Å²) in [7, 11) is 2.13. The molecule has 0 bridgehead atoms. The molecule has 21 heavy (non-hydrogen) atoms. The Morgan fingerprint density at radius 1 is 1.24 bits per heavy atom. The van der Waals surface area contributed by atoms with Crippen LogP contribution in [0.2, 0.25) is 0 Å². The predicted molar refractivity (Wildman–Crippen MR) is 84.3 cm³/mol. The Balaban J connectivity index is 2.09. The average Bonchev–Trinajstić information content (AvgIpc) is 2.78. The molecule has 6 heteroatoms. The molecule has 0 amide bonds. The van der Waals surface area contributed by atoms with Gasteiger partial charge in [0.2, 0.25) is 0 Å². The average molecular weight is 311 g/mol. The molecule has 0 saturated carbocycles. The van der Waals surface area contributed by atoms with Crippen LogP contribution in [0, 0.1) is 12.7 Å². The van der Waals surface area contributed by atoms with Crippen LogP contribution < -0.4 is 5.01 Å². The van der Waals surface area contributed by atoms with E-state index in [0.717, 1.165) is 37.5 Å². The van der Waals surface area contributed by atoms with Crippen molar-refractivity contribution >= 4 is 22.6 Å². The van der Waals surface area contributed by atoms with Crippen LogP contribution in [-0.4, -0.2) is 53.7 Å². The van der Waals surface area contributed by atoms with Crippen LogP contribution in [0.1, 0.15) is 11.4 Å². The van der Waals surface area contributed by atoms with Crippen LogP contribution in [-0.2, 0) is 6.42 Å². The van der Waals surface area contributed by atoms with E-state index < -0.39 is 0 Å². The fourth-order valence-corrected chi connectivity index (χ4v) is 2.97. The van der Waals surface area contributed by atoms with E-state index in [1.165, 1.54) is 6.07 Å². The first-order chi connectivity index (χ1) is 10.1. The third-order valence-electron chi connectivity index (χ3n) is 4.06. The van der Waals surface area contributed by atoms with E-state index in [9.17, 15) is 4.39 Å². The van der Waals surface area contributed by atoms with E-state index in [-0.39, 0.29) is 5.82 Å². The molecule has 0 unspecified atom stereocenters. The van der Waals surface area contributed by atoms with E-state index in [2.05, 4.69) is 26.6 Å². The van der Waals surface area contributed by atoms with Gasteiger partial charge in [-0.05, 0) is 25.6 Å². The SMILES string of the molecule is Cc1cc2c(cc1F)nc(CCCl)n2N1CCN(C)CC1. The maximum Gasteiger partial charge on any atom is 0.130 e. The van der Waals surface area contributed by atoms with Gasteiger partial charge in [0.05, 0.1) is 11.0 Å². The van der Waals surface area contributed by atoms with E-state index >= 15 is 0 Å². The van der Waals surface area contributed by atoms with Crippen molar-refractivity contribution in [3.63, 3.8) is 0 Å². The number of rotatable bonds is 3. The van der Waals surface area contributed by atoms with Crippen molar-refractivity contribution in [2.24, 2.45) is 0 Å². The zero-order valence-corrected chi connectivity index (χ0v) is 13.2. The molecule has 2 aromatic rings. The summed E-state index contributed by atoms with van der Waals surface area (Å²) in [6.45, 7) is 5.69. The second-order valence-electron chi connectivity index (χ2n) is 5.63. The van der Waals surface area contributed by atoms with Crippen molar-refractivity contribution in [2.75, 3.05) is 44.1 Å². The molecule has 0 N–H and O–H groups in total. The van der Waals surface area contributed by atoms with E-state index in [4.69, 9.17) is 11.6 Å². The van der Waals surface area contributed by atoms with Gasteiger partial charge in [0, 0.05) is 44.5 Å². The lowest BCUT2D eigenvalue weighted by molar-refractivity contribution is 0.287. The number of aryl methyl sites for hydroxylation is 2. The minimum Gasteiger partial charge on any atom is -0.308 e. The van der Waals surface area contributed by atoms with Gasteiger partial charge in [-0.2, -0.15) is 0 Å². The Hall–Kier alpha value is -1.33. The maximum atomic E-state index is 13.8. The number of fused-ring (bicyclic) bond motifs is 1. The van der Waals surface area contributed by atoms with Gasteiger partial charge in [0.15, 0.2) is 0 Å². The second-order valence-corrected chi connectivity index (χ2v) is 6.00. The first kappa shape index (κ1) is 14.6. The highest BCUT2D eigenvalue weighted by Crippen LogP contribution is 2.22. The van der Waals surface area contributed by atoms with Gasteiger partial charge in [-0.1, -0.05) is 0 Å². The Morgan fingerprint density at radius 3 is 2.62 bits per heavy atom. The smallest absolute Gasteiger partial charge is 0.130 e. The summed E-state index contributed by atoms with van der Waals surface area (Å²) in [4.78, 5) is 6.89. The number of benzene rings is 1. The number of likely N-dealkylation sites (N-methyl/N-ethyl adjacent to an activating group) is 1. The molecule has 1 aromatic carbocycles. The predicted octanol–water partition coefficient (Wildman–Crippen LogP) is 2.15. The molecule has 2 heterocycles. The number of alkyl halides is 1.